The minimum Gasteiger partial charge on any atom is -0.384 e. The van der Waals surface area contributed by atoms with Crippen molar-refractivity contribution < 1.29 is 13.2 Å². The number of hydrogen-bond donors (Lipinski definition) is 2. The van der Waals surface area contributed by atoms with Gasteiger partial charge in [0.25, 0.3) is 5.91 Å². The molecular formula is C21H22N6O3S. The molecule has 9 nitrogen and oxygen atoms in total. The van der Waals surface area contributed by atoms with Crippen LogP contribution in [0.5, 0.6) is 0 Å². The van der Waals surface area contributed by atoms with Crippen LogP contribution >= 0.6 is 0 Å². The molecule has 10 heteroatoms. The summed E-state index contributed by atoms with van der Waals surface area (Å²) in [6, 6.07) is 9.61. The van der Waals surface area contributed by atoms with E-state index in [-0.39, 0.29) is 22.2 Å². The van der Waals surface area contributed by atoms with Crippen molar-refractivity contribution in [2.75, 3.05) is 30.9 Å². The molecule has 1 amide bonds. The van der Waals surface area contributed by atoms with E-state index in [0.29, 0.717) is 16.9 Å². The maximum atomic E-state index is 12.5. The minimum atomic E-state index is -3.46. The number of anilines is 2. The molecule has 0 fully saturated rings. The number of rotatable bonds is 7. The fourth-order valence-corrected chi connectivity index (χ4v) is 3.72. The zero-order valence-electron chi connectivity index (χ0n) is 17.1. The summed E-state index contributed by atoms with van der Waals surface area (Å²) in [5.74, 6) is -0.644. The third kappa shape index (κ3) is 5.64. The molecule has 1 aromatic carbocycles. The number of aromatic nitrogens is 3. The molecule has 2 aromatic heterocycles. The van der Waals surface area contributed by atoms with Crippen LogP contribution in [0.2, 0.25) is 0 Å². The first-order chi connectivity index (χ1) is 14.8. The molecule has 31 heavy (non-hydrogen) atoms. The maximum absolute atomic E-state index is 12.5. The average molecular weight is 439 g/mol. The topological polar surface area (TPSA) is 131 Å². The van der Waals surface area contributed by atoms with Gasteiger partial charge in [-0.1, -0.05) is 18.2 Å². The molecule has 0 saturated heterocycles. The summed E-state index contributed by atoms with van der Waals surface area (Å²) in [5, 5.41) is 2.66. The lowest BCUT2D eigenvalue weighted by Gasteiger charge is -2.09. The van der Waals surface area contributed by atoms with E-state index in [9.17, 15) is 13.2 Å². The van der Waals surface area contributed by atoms with Crippen LogP contribution in [0.15, 0.2) is 72.2 Å². The van der Waals surface area contributed by atoms with Gasteiger partial charge >= 0.3 is 0 Å². The summed E-state index contributed by atoms with van der Waals surface area (Å²) in [7, 11) is 0.175. The lowest BCUT2D eigenvalue weighted by molar-refractivity contribution is 0.102. The van der Waals surface area contributed by atoms with E-state index in [2.05, 4.69) is 20.3 Å². The van der Waals surface area contributed by atoms with Crippen LogP contribution in [-0.4, -0.2) is 54.0 Å². The van der Waals surface area contributed by atoms with Crippen LogP contribution < -0.4 is 11.1 Å². The molecule has 0 atom stereocenters. The summed E-state index contributed by atoms with van der Waals surface area (Å²) in [6.45, 7) is 0. The number of carbonyl (C=O) groups excluding carboxylic acids is 1. The summed E-state index contributed by atoms with van der Waals surface area (Å²) in [5.41, 5.74) is 7.29. The van der Waals surface area contributed by atoms with Crippen molar-refractivity contribution in [1.29, 1.82) is 0 Å². The summed E-state index contributed by atoms with van der Waals surface area (Å²) >= 11 is 0. The average Bonchev–Trinajstić information content (AvgIpc) is 2.74. The molecule has 160 valence electrons. The highest BCUT2D eigenvalue weighted by Gasteiger charge is 2.16. The predicted molar refractivity (Wildman–Crippen MR) is 119 cm³/mol. The number of benzene rings is 1. The molecule has 3 rings (SSSR count). The molecule has 3 aromatic rings. The fourth-order valence-electron chi connectivity index (χ4n) is 2.64. The van der Waals surface area contributed by atoms with E-state index in [4.69, 9.17) is 5.73 Å². The molecule has 0 aliphatic carbocycles. The minimum absolute atomic E-state index is 0.0167. The van der Waals surface area contributed by atoms with E-state index in [1.165, 1.54) is 24.5 Å². The Morgan fingerprint density at radius 3 is 2.55 bits per heavy atom. The molecular weight excluding hydrogens is 416 g/mol. The molecule has 0 aliphatic rings. The number of amides is 1. The number of nitrogens with one attached hydrogen (secondary N) is 1. The maximum Gasteiger partial charge on any atom is 0.278 e. The molecule has 0 radical (unpaired) electrons. The summed E-state index contributed by atoms with van der Waals surface area (Å²) in [6.07, 6.45) is 7.79. The highest BCUT2D eigenvalue weighted by Crippen LogP contribution is 2.22. The zero-order chi connectivity index (χ0) is 22.4. The standard InChI is InChI=1S/C21H22N6O3S/c1-27(2)11-4-12-31(29,30)17-8-6-15(7-9-17)18-14-24-20(22)19(26-18)21(28)25-16-5-3-10-23-13-16/h3-11,13-14H,12H2,1-2H3,(H2,22,24)(H,25,28). The van der Waals surface area contributed by atoms with E-state index in [1.807, 2.05) is 14.1 Å². The second-order valence-electron chi connectivity index (χ2n) is 6.84. The number of pyridine rings is 1. The van der Waals surface area contributed by atoms with Gasteiger partial charge in [0, 0.05) is 25.9 Å². The fraction of sp³-hybridized carbons (Fsp3) is 0.143. The van der Waals surface area contributed by atoms with Gasteiger partial charge < -0.3 is 16.0 Å². The van der Waals surface area contributed by atoms with E-state index >= 15 is 0 Å². The van der Waals surface area contributed by atoms with Crippen molar-refractivity contribution in [1.82, 2.24) is 19.9 Å². The lowest BCUT2D eigenvalue weighted by atomic mass is 10.1. The van der Waals surface area contributed by atoms with Crippen molar-refractivity contribution in [2.24, 2.45) is 0 Å². The molecule has 0 bridgehead atoms. The second kappa shape index (κ2) is 9.35. The van der Waals surface area contributed by atoms with Gasteiger partial charge in [-0.15, -0.1) is 0 Å². The Morgan fingerprint density at radius 1 is 1.16 bits per heavy atom. The Balaban J connectivity index is 1.82. The van der Waals surface area contributed by atoms with Gasteiger partial charge in [-0.3, -0.25) is 9.78 Å². The van der Waals surface area contributed by atoms with Gasteiger partial charge in [0.05, 0.1) is 34.4 Å². The van der Waals surface area contributed by atoms with E-state index < -0.39 is 15.7 Å². The second-order valence-corrected chi connectivity index (χ2v) is 8.87. The SMILES string of the molecule is CN(C)C=CCS(=O)(=O)c1ccc(-c2cnc(N)c(C(=O)Nc3cccnc3)n2)cc1. The highest BCUT2D eigenvalue weighted by molar-refractivity contribution is 7.91. The molecule has 0 saturated carbocycles. The van der Waals surface area contributed by atoms with Gasteiger partial charge in [0.15, 0.2) is 21.3 Å². The van der Waals surface area contributed by atoms with Crippen molar-refractivity contribution in [3.05, 3.63) is 73.0 Å². The van der Waals surface area contributed by atoms with Gasteiger partial charge in [-0.05, 0) is 30.5 Å². The molecule has 2 heterocycles. The number of carbonyl (C=O) groups is 1. The predicted octanol–water partition coefficient (Wildman–Crippen LogP) is 2.22. The third-order valence-electron chi connectivity index (χ3n) is 4.16. The van der Waals surface area contributed by atoms with Crippen molar-refractivity contribution in [2.45, 2.75) is 4.90 Å². The molecule has 3 N–H and O–H groups in total. The monoisotopic (exact) mass is 438 g/mol. The van der Waals surface area contributed by atoms with Gasteiger partial charge in [-0.2, -0.15) is 0 Å². The molecule has 0 unspecified atom stereocenters. The van der Waals surface area contributed by atoms with Crippen molar-refractivity contribution in [3.63, 3.8) is 0 Å². The highest BCUT2D eigenvalue weighted by atomic mass is 32.2. The number of nitrogen functional groups attached to an aromatic ring is 1. The van der Waals surface area contributed by atoms with Crippen molar-refractivity contribution >= 4 is 27.2 Å². The van der Waals surface area contributed by atoms with Crippen LogP contribution in [0.4, 0.5) is 11.5 Å². The quantitative estimate of drug-likeness (QED) is 0.574. The normalized spacial score (nSPS) is 11.4. The van der Waals surface area contributed by atoms with Crippen LogP contribution in [0, 0.1) is 0 Å². The smallest absolute Gasteiger partial charge is 0.278 e. The van der Waals surface area contributed by atoms with Crippen LogP contribution in [0.3, 0.4) is 0 Å². The number of hydrogen-bond acceptors (Lipinski definition) is 8. The first kappa shape index (κ1) is 21.9. The molecule has 0 spiro atoms. The number of nitrogens with two attached hydrogens (primary N) is 1. The van der Waals surface area contributed by atoms with Gasteiger partial charge in [0.2, 0.25) is 0 Å². The Kier molecular flexibility index (Phi) is 6.61. The first-order valence-corrected chi connectivity index (χ1v) is 10.9. The lowest BCUT2D eigenvalue weighted by Crippen LogP contribution is -2.17. The zero-order valence-corrected chi connectivity index (χ0v) is 17.9. The van der Waals surface area contributed by atoms with Crippen LogP contribution in [0.1, 0.15) is 10.5 Å². The molecule has 0 aliphatic heterocycles. The van der Waals surface area contributed by atoms with E-state index in [1.54, 1.807) is 47.6 Å². The first-order valence-electron chi connectivity index (χ1n) is 9.26. The van der Waals surface area contributed by atoms with Crippen molar-refractivity contribution in [3.8, 4) is 11.3 Å². The largest absolute Gasteiger partial charge is 0.384 e. The third-order valence-corrected chi connectivity index (χ3v) is 5.79. The Labute approximate surface area is 180 Å². The Morgan fingerprint density at radius 2 is 1.90 bits per heavy atom. The summed E-state index contributed by atoms with van der Waals surface area (Å²) < 4.78 is 24.9. The van der Waals surface area contributed by atoms with Crippen LogP contribution in [-0.2, 0) is 9.84 Å². The van der Waals surface area contributed by atoms with Gasteiger partial charge in [0.1, 0.15) is 0 Å². The number of nitrogens with zero attached hydrogens (tertiary/aromatic N) is 4. The Hall–Kier alpha value is -3.79. The van der Waals surface area contributed by atoms with Gasteiger partial charge in [-0.25, -0.2) is 18.4 Å². The number of sulfone groups is 1. The van der Waals surface area contributed by atoms with E-state index in [0.717, 1.165) is 0 Å². The summed E-state index contributed by atoms with van der Waals surface area (Å²) in [4.78, 5) is 26.8. The Bertz CT molecular complexity index is 1190. The van der Waals surface area contributed by atoms with Crippen LogP contribution in [0.25, 0.3) is 11.3 Å².